The van der Waals surface area contributed by atoms with Crippen LogP contribution in [0.3, 0.4) is 0 Å². The van der Waals surface area contributed by atoms with E-state index >= 15 is 0 Å². The van der Waals surface area contributed by atoms with Crippen molar-refractivity contribution in [3.05, 3.63) is 0 Å². The first-order chi connectivity index (χ1) is 8.52. The van der Waals surface area contributed by atoms with Gasteiger partial charge in [0.1, 0.15) is 0 Å². The lowest BCUT2D eigenvalue weighted by Gasteiger charge is -2.14. The molecule has 0 radical (unpaired) electrons. The zero-order chi connectivity index (χ0) is 13.5. The maximum Gasteiger partial charge on any atom is 0.332 e. The number of urea groups is 1. The van der Waals surface area contributed by atoms with Gasteiger partial charge in [-0.15, -0.1) is 0 Å². The first-order valence-corrected chi connectivity index (χ1v) is 6.01. The summed E-state index contributed by atoms with van der Waals surface area (Å²) in [5.74, 6) is -1.28. The van der Waals surface area contributed by atoms with E-state index in [4.69, 9.17) is 14.9 Å². The third-order valence-corrected chi connectivity index (χ3v) is 3.04. The van der Waals surface area contributed by atoms with Crippen molar-refractivity contribution in [1.29, 1.82) is 0 Å². The van der Waals surface area contributed by atoms with Gasteiger partial charge in [-0.2, -0.15) is 0 Å². The van der Waals surface area contributed by atoms with Crippen molar-refractivity contribution in [2.45, 2.75) is 43.9 Å². The van der Waals surface area contributed by atoms with Gasteiger partial charge in [-0.3, -0.25) is 0 Å². The Morgan fingerprint density at radius 3 is 2.72 bits per heavy atom. The van der Waals surface area contributed by atoms with Crippen molar-refractivity contribution in [2.24, 2.45) is 0 Å². The van der Waals surface area contributed by atoms with Crippen LogP contribution in [-0.2, 0) is 9.53 Å². The number of amides is 2. The molecule has 1 aliphatic rings. The van der Waals surface area contributed by atoms with Gasteiger partial charge < -0.3 is 25.6 Å². The number of carbonyl (C=O) groups is 2. The van der Waals surface area contributed by atoms with Gasteiger partial charge in [0, 0.05) is 26.1 Å². The molecule has 104 valence electrons. The second kappa shape index (κ2) is 7.17. The number of aliphatic hydroxyl groups is 1. The number of carboxylic acid groups (broad SMARTS) is 1. The normalized spacial score (nSPS) is 24.6. The van der Waals surface area contributed by atoms with Gasteiger partial charge >= 0.3 is 12.0 Å². The molecule has 0 aromatic rings. The number of aliphatic carboxylic acids is 1. The number of carboxylic acids is 1. The van der Waals surface area contributed by atoms with Crippen molar-refractivity contribution in [1.82, 2.24) is 10.6 Å². The van der Waals surface area contributed by atoms with Crippen LogP contribution in [0.2, 0.25) is 0 Å². The van der Waals surface area contributed by atoms with Crippen LogP contribution < -0.4 is 10.6 Å². The SMILES string of the molecule is COC1CCC(NC(=O)NCC[C@H](O)C(=O)O)C1. The zero-order valence-corrected chi connectivity index (χ0v) is 10.4. The molecule has 2 unspecified atom stereocenters. The van der Waals surface area contributed by atoms with Crippen LogP contribution in [0, 0.1) is 0 Å². The molecular weight excluding hydrogens is 240 g/mol. The highest BCUT2D eigenvalue weighted by Crippen LogP contribution is 2.21. The Morgan fingerprint density at radius 1 is 1.44 bits per heavy atom. The highest BCUT2D eigenvalue weighted by molar-refractivity contribution is 5.74. The van der Waals surface area contributed by atoms with E-state index in [0.717, 1.165) is 19.3 Å². The predicted octanol–water partition coefficient (Wildman–Crippen LogP) is -0.311. The molecule has 4 N–H and O–H groups in total. The summed E-state index contributed by atoms with van der Waals surface area (Å²) in [5.41, 5.74) is 0. The zero-order valence-electron chi connectivity index (χ0n) is 10.4. The standard InChI is InChI=1S/C11H20N2O5/c1-18-8-3-2-7(6-8)13-11(17)12-5-4-9(14)10(15)16/h7-9,14H,2-6H2,1H3,(H,15,16)(H2,12,13,17)/t7?,8?,9-/m0/s1. The van der Waals surface area contributed by atoms with Crippen molar-refractivity contribution in [3.8, 4) is 0 Å². The van der Waals surface area contributed by atoms with E-state index in [2.05, 4.69) is 10.6 Å². The molecule has 0 aromatic heterocycles. The summed E-state index contributed by atoms with van der Waals surface area (Å²) in [6.45, 7) is 0.125. The summed E-state index contributed by atoms with van der Waals surface area (Å²) in [7, 11) is 1.65. The number of methoxy groups -OCH3 is 1. The molecule has 0 bridgehead atoms. The molecular formula is C11H20N2O5. The van der Waals surface area contributed by atoms with E-state index < -0.39 is 12.1 Å². The van der Waals surface area contributed by atoms with E-state index in [9.17, 15) is 9.59 Å². The molecule has 7 nitrogen and oxygen atoms in total. The Hall–Kier alpha value is -1.34. The molecule has 2 amide bonds. The molecule has 0 aliphatic heterocycles. The van der Waals surface area contributed by atoms with Crippen LogP contribution in [-0.4, -0.2) is 54.1 Å². The van der Waals surface area contributed by atoms with Gasteiger partial charge in [-0.1, -0.05) is 0 Å². The summed E-state index contributed by atoms with van der Waals surface area (Å²) < 4.78 is 5.19. The van der Waals surface area contributed by atoms with E-state index in [1.54, 1.807) is 7.11 Å². The van der Waals surface area contributed by atoms with E-state index in [0.29, 0.717) is 0 Å². The van der Waals surface area contributed by atoms with Gasteiger partial charge in [0.05, 0.1) is 6.10 Å². The Bertz CT molecular complexity index is 297. The van der Waals surface area contributed by atoms with Gasteiger partial charge in [0.2, 0.25) is 0 Å². The van der Waals surface area contributed by atoms with Crippen molar-refractivity contribution >= 4 is 12.0 Å². The predicted molar refractivity (Wildman–Crippen MR) is 63.2 cm³/mol. The first kappa shape index (κ1) is 14.7. The van der Waals surface area contributed by atoms with Gasteiger partial charge in [-0.25, -0.2) is 9.59 Å². The molecule has 1 aliphatic carbocycles. The van der Waals surface area contributed by atoms with Crippen molar-refractivity contribution in [3.63, 3.8) is 0 Å². The van der Waals surface area contributed by atoms with E-state index in [1.807, 2.05) is 0 Å². The van der Waals surface area contributed by atoms with Crippen molar-refractivity contribution in [2.75, 3.05) is 13.7 Å². The molecule has 7 heteroatoms. The number of aliphatic hydroxyl groups excluding tert-OH is 1. The lowest BCUT2D eigenvalue weighted by atomic mass is 10.2. The molecule has 18 heavy (non-hydrogen) atoms. The average molecular weight is 260 g/mol. The van der Waals surface area contributed by atoms with Crippen LogP contribution in [0.15, 0.2) is 0 Å². The Balaban J connectivity index is 2.13. The summed E-state index contributed by atoms with van der Waals surface area (Å²) >= 11 is 0. The minimum atomic E-state index is -1.44. The molecule has 0 spiro atoms. The first-order valence-electron chi connectivity index (χ1n) is 6.01. The molecule has 3 atom stereocenters. The number of ether oxygens (including phenoxy) is 1. The van der Waals surface area contributed by atoms with Crippen LogP contribution in [0.5, 0.6) is 0 Å². The maximum absolute atomic E-state index is 11.5. The number of nitrogens with one attached hydrogen (secondary N) is 2. The third-order valence-electron chi connectivity index (χ3n) is 3.04. The molecule has 0 aromatic carbocycles. The second-order valence-electron chi connectivity index (χ2n) is 4.41. The third kappa shape index (κ3) is 4.89. The Morgan fingerprint density at radius 2 is 2.17 bits per heavy atom. The molecule has 0 saturated heterocycles. The largest absolute Gasteiger partial charge is 0.479 e. The Labute approximate surface area is 106 Å². The quantitative estimate of drug-likeness (QED) is 0.524. The van der Waals surface area contributed by atoms with E-state index in [-0.39, 0.29) is 31.1 Å². The van der Waals surface area contributed by atoms with Gasteiger partial charge in [-0.05, 0) is 19.3 Å². The smallest absolute Gasteiger partial charge is 0.332 e. The lowest BCUT2D eigenvalue weighted by Crippen LogP contribution is -2.42. The fourth-order valence-electron chi connectivity index (χ4n) is 1.97. The van der Waals surface area contributed by atoms with Crippen LogP contribution in [0.1, 0.15) is 25.7 Å². The minimum absolute atomic E-state index is 0.00584. The molecule has 1 saturated carbocycles. The lowest BCUT2D eigenvalue weighted by molar-refractivity contribution is -0.146. The fraction of sp³-hybridized carbons (Fsp3) is 0.818. The minimum Gasteiger partial charge on any atom is -0.479 e. The van der Waals surface area contributed by atoms with Gasteiger partial charge in [0.25, 0.3) is 0 Å². The molecule has 0 heterocycles. The number of hydrogen-bond acceptors (Lipinski definition) is 4. The van der Waals surface area contributed by atoms with Crippen molar-refractivity contribution < 1.29 is 24.5 Å². The summed E-state index contributed by atoms with van der Waals surface area (Å²) in [6, 6.07) is -0.242. The summed E-state index contributed by atoms with van der Waals surface area (Å²) in [5, 5.41) is 22.7. The average Bonchev–Trinajstić information content (AvgIpc) is 2.76. The molecule has 1 fully saturated rings. The van der Waals surface area contributed by atoms with E-state index in [1.165, 1.54) is 0 Å². The Kier molecular flexibility index (Phi) is 5.87. The second-order valence-corrected chi connectivity index (χ2v) is 4.41. The maximum atomic E-state index is 11.5. The highest BCUT2D eigenvalue weighted by atomic mass is 16.5. The summed E-state index contributed by atoms with van der Waals surface area (Å²) in [6.07, 6.45) is 1.36. The fourth-order valence-corrected chi connectivity index (χ4v) is 1.97. The highest BCUT2D eigenvalue weighted by Gasteiger charge is 2.25. The van der Waals surface area contributed by atoms with Crippen LogP contribution in [0.25, 0.3) is 0 Å². The number of hydrogen-bond donors (Lipinski definition) is 4. The molecule has 1 rings (SSSR count). The van der Waals surface area contributed by atoms with Crippen LogP contribution >= 0.6 is 0 Å². The van der Waals surface area contributed by atoms with Crippen LogP contribution in [0.4, 0.5) is 4.79 Å². The topological polar surface area (TPSA) is 108 Å². The number of rotatable bonds is 6. The number of carbonyl (C=O) groups excluding carboxylic acids is 1. The summed E-state index contributed by atoms with van der Waals surface area (Å²) in [4.78, 5) is 21.8. The monoisotopic (exact) mass is 260 g/mol. The van der Waals surface area contributed by atoms with Gasteiger partial charge in [0.15, 0.2) is 6.10 Å².